The van der Waals surface area contributed by atoms with Crippen molar-refractivity contribution in [1.82, 2.24) is 10.2 Å². The molecule has 0 unspecified atom stereocenters. The van der Waals surface area contributed by atoms with Crippen LogP contribution in [0.3, 0.4) is 0 Å². The summed E-state index contributed by atoms with van der Waals surface area (Å²) in [5.41, 5.74) is 16.1. The Morgan fingerprint density at radius 1 is 0.488 bits per heavy atom. The highest BCUT2D eigenvalue weighted by Gasteiger charge is 2.26. The summed E-state index contributed by atoms with van der Waals surface area (Å²) >= 11 is 1.98. The lowest BCUT2D eigenvalue weighted by Gasteiger charge is -2.25. The number of aromatic nitrogens is 2. The van der Waals surface area contributed by atoms with Gasteiger partial charge in [-0.1, -0.05) is 90.1 Å². The molecule has 43 heavy (non-hydrogen) atoms. The Morgan fingerprint density at radius 3 is 1.14 bits per heavy atom. The average Bonchev–Trinajstić information content (AvgIpc) is 3.21. The lowest BCUT2D eigenvalue weighted by Crippen LogP contribution is -2.12. The first-order valence-corrected chi connectivity index (χ1v) is 16.7. The fourth-order valence-corrected chi connectivity index (χ4v) is 8.35. The Bertz CT molecular complexity index is 1710. The number of aryl methyl sites for hydroxylation is 4. The molecule has 0 spiro atoms. The van der Waals surface area contributed by atoms with Crippen molar-refractivity contribution in [3.05, 3.63) is 103 Å². The maximum atomic E-state index is 5.01. The molecule has 0 amide bonds. The van der Waals surface area contributed by atoms with E-state index in [1.807, 2.05) is 11.3 Å². The number of hydrogen-bond donors (Lipinski definition) is 0. The van der Waals surface area contributed by atoms with E-state index >= 15 is 0 Å². The molecule has 2 heterocycles. The van der Waals surface area contributed by atoms with Gasteiger partial charge in [0.1, 0.15) is 11.4 Å². The van der Waals surface area contributed by atoms with Gasteiger partial charge in [-0.05, 0) is 109 Å². The van der Waals surface area contributed by atoms with Crippen LogP contribution in [0.25, 0.3) is 33.3 Å². The van der Waals surface area contributed by atoms with Crippen molar-refractivity contribution in [2.45, 2.75) is 106 Å². The van der Waals surface area contributed by atoms with E-state index < -0.39 is 0 Å². The molecular weight excluding hydrogens is 541 g/mol. The van der Waals surface area contributed by atoms with E-state index in [-0.39, 0.29) is 10.8 Å². The predicted molar refractivity (Wildman–Crippen MR) is 186 cm³/mol. The van der Waals surface area contributed by atoms with Gasteiger partial charge in [-0.15, -0.1) is 21.5 Å². The van der Waals surface area contributed by atoms with Gasteiger partial charge in [0.05, 0.1) is 0 Å². The summed E-state index contributed by atoms with van der Waals surface area (Å²) in [5, 5.41) is 12.6. The summed E-state index contributed by atoms with van der Waals surface area (Å²) in [6, 6.07) is 18.0. The van der Waals surface area contributed by atoms with E-state index in [2.05, 4.69) is 118 Å². The summed E-state index contributed by atoms with van der Waals surface area (Å²) in [4.78, 5) is 3.00. The maximum absolute atomic E-state index is 5.01. The van der Waals surface area contributed by atoms with Gasteiger partial charge in [0.15, 0.2) is 0 Å². The van der Waals surface area contributed by atoms with Gasteiger partial charge in [-0.3, -0.25) is 0 Å². The normalized spacial score (nSPS) is 13.9. The monoisotopic (exact) mass is 586 g/mol. The Balaban J connectivity index is 1.60. The fourth-order valence-electron chi connectivity index (χ4n) is 7.19. The summed E-state index contributed by atoms with van der Waals surface area (Å²) in [6.07, 6.45) is 4.36. The zero-order chi connectivity index (χ0) is 30.8. The first-order chi connectivity index (χ1) is 20.3. The van der Waals surface area contributed by atoms with Crippen LogP contribution in [-0.4, -0.2) is 10.2 Å². The topological polar surface area (TPSA) is 25.8 Å². The van der Waals surface area contributed by atoms with Crippen LogP contribution in [-0.2, 0) is 36.5 Å². The second-order valence-corrected chi connectivity index (χ2v) is 16.1. The standard InChI is InChI=1S/C40H46N2S/c1-23-31-19-21-33-25(3)43-26(4)34(33)22-20-32(31)24(2)36-35(23)37(27-11-15-29(16-12-27)39(5,6)7)41-42-38(36)28-13-17-30(18-14-28)40(8,9)10/h11-18H,19-22H2,1-10H3. The lowest BCUT2D eigenvalue weighted by atomic mass is 9.80. The van der Waals surface area contributed by atoms with Gasteiger partial charge in [0.25, 0.3) is 0 Å². The van der Waals surface area contributed by atoms with Crippen molar-refractivity contribution in [1.29, 1.82) is 0 Å². The minimum absolute atomic E-state index is 0.106. The number of fused-ring (bicyclic) bond motifs is 3. The van der Waals surface area contributed by atoms with E-state index in [0.29, 0.717) is 0 Å². The molecule has 1 aliphatic carbocycles. The van der Waals surface area contributed by atoms with Crippen molar-refractivity contribution in [2.75, 3.05) is 0 Å². The molecule has 0 radical (unpaired) electrons. The molecule has 3 aromatic carbocycles. The zero-order valence-corrected chi connectivity index (χ0v) is 28.6. The van der Waals surface area contributed by atoms with Crippen molar-refractivity contribution in [3.63, 3.8) is 0 Å². The SMILES string of the molecule is Cc1sc(C)c2c1CCc1c(c(C)c3c(-c4ccc(C(C)(C)C)cc4)nnc(-c4ccc(C(C)(C)C)cc4)c3c1C)CC2. The Labute approximate surface area is 262 Å². The van der Waals surface area contributed by atoms with Gasteiger partial charge in [-0.2, -0.15) is 0 Å². The van der Waals surface area contributed by atoms with Crippen LogP contribution < -0.4 is 0 Å². The number of hydrogen-bond acceptors (Lipinski definition) is 3. The first kappa shape index (κ1) is 29.8. The van der Waals surface area contributed by atoms with Crippen LogP contribution in [0.5, 0.6) is 0 Å². The van der Waals surface area contributed by atoms with Gasteiger partial charge in [0.2, 0.25) is 0 Å². The molecule has 0 aliphatic heterocycles. The van der Waals surface area contributed by atoms with E-state index in [1.165, 1.54) is 53.9 Å². The van der Waals surface area contributed by atoms with Crippen LogP contribution in [0.15, 0.2) is 48.5 Å². The van der Waals surface area contributed by atoms with Gasteiger partial charge < -0.3 is 0 Å². The molecule has 2 aromatic heterocycles. The van der Waals surface area contributed by atoms with E-state index in [1.54, 1.807) is 11.1 Å². The predicted octanol–water partition coefficient (Wildman–Crippen LogP) is 10.7. The highest BCUT2D eigenvalue weighted by Crippen LogP contribution is 2.43. The molecule has 0 N–H and O–H groups in total. The summed E-state index contributed by atoms with van der Waals surface area (Å²) in [5.74, 6) is 0. The molecule has 3 heteroatoms. The number of benzene rings is 3. The third-order valence-electron chi connectivity index (χ3n) is 9.81. The minimum Gasteiger partial charge on any atom is -0.149 e. The third kappa shape index (κ3) is 5.24. The highest BCUT2D eigenvalue weighted by atomic mass is 32.1. The summed E-state index contributed by atoms with van der Waals surface area (Å²) < 4.78 is 0. The Hall–Kier alpha value is -3.30. The van der Waals surface area contributed by atoms with E-state index in [0.717, 1.165) is 48.2 Å². The van der Waals surface area contributed by atoms with Crippen molar-refractivity contribution >= 4 is 22.1 Å². The summed E-state index contributed by atoms with van der Waals surface area (Å²) in [6.45, 7) is 22.9. The fraction of sp³-hybridized carbons (Fsp3) is 0.400. The first-order valence-electron chi connectivity index (χ1n) is 15.9. The number of thiophene rings is 1. The van der Waals surface area contributed by atoms with Crippen LogP contribution in [0.4, 0.5) is 0 Å². The molecule has 0 bridgehead atoms. The Kier molecular flexibility index (Phi) is 7.40. The van der Waals surface area contributed by atoms with E-state index in [4.69, 9.17) is 10.2 Å². The smallest absolute Gasteiger partial charge is 0.101 e. The van der Waals surface area contributed by atoms with Crippen molar-refractivity contribution < 1.29 is 0 Å². The molecule has 0 atom stereocenters. The molecule has 0 fully saturated rings. The summed E-state index contributed by atoms with van der Waals surface area (Å²) in [7, 11) is 0. The molecule has 2 nitrogen and oxygen atoms in total. The highest BCUT2D eigenvalue weighted by molar-refractivity contribution is 7.12. The van der Waals surface area contributed by atoms with Crippen molar-refractivity contribution in [2.24, 2.45) is 0 Å². The van der Waals surface area contributed by atoms with E-state index in [9.17, 15) is 0 Å². The molecule has 1 aliphatic rings. The average molecular weight is 587 g/mol. The maximum Gasteiger partial charge on any atom is 0.101 e. The molecule has 6 rings (SSSR count). The lowest BCUT2D eigenvalue weighted by molar-refractivity contribution is 0.590. The quantitative estimate of drug-likeness (QED) is 0.206. The molecule has 5 aromatic rings. The third-order valence-corrected chi connectivity index (χ3v) is 10.9. The van der Waals surface area contributed by atoms with Crippen LogP contribution in [0, 0.1) is 27.7 Å². The molecular formula is C40H46N2S. The molecule has 0 saturated heterocycles. The molecule has 222 valence electrons. The van der Waals surface area contributed by atoms with Crippen molar-refractivity contribution in [3.8, 4) is 22.5 Å². The van der Waals surface area contributed by atoms with Crippen LogP contribution >= 0.6 is 11.3 Å². The second kappa shape index (κ2) is 10.7. The minimum atomic E-state index is 0.106. The largest absolute Gasteiger partial charge is 0.149 e. The van der Waals surface area contributed by atoms with Gasteiger partial charge in [-0.25, -0.2) is 0 Å². The number of nitrogens with zero attached hydrogens (tertiary/aromatic N) is 2. The number of rotatable bonds is 2. The van der Waals surface area contributed by atoms with Gasteiger partial charge in [0, 0.05) is 31.7 Å². The molecule has 0 saturated carbocycles. The zero-order valence-electron chi connectivity index (χ0n) is 27.7. The van der Waals surface area contributed by atoms with Crippen LogP contribution in [0.2, 0.25) is 0 Å². The van der Waals surface area contributed by atoms with Crippen LogP contribution in [0.1, 0.15) is 95.8 Å². The second-order valence-electron chi connectivity index (χ2n) is 14.7. The van der Waals surface area contributed by atoms with Gasteiger partial charge >= 0.3 is 0 Å². The Morgan fingerprint density at radius 2 is 0.814 bits per heavy atom.